The Hall–Kier alpha value is -0.550. The van der Waals surface area contributed by atoms with Gasteiger partial charge in [0.25, 0.3) is 0 Å². The first-order valence-electron chi connectivity index (χ1n) is 4.28. The molecular weight excluding hydrogens is 328 g/mol. The second-order valence-electron chi connectivity index (χ2n) is 2.72. The Bertz CT molecular complexity index is 353. The zero-order valence-corrected chi connectivity index (χ0v) is 11.3. The summed E-state index contributed by atoms with van der Waals surface area (Å²) in [7, 11) is 1.60. The summed E-state index contributed by atoms with van der Waals surface area (Å²) in [6.07, 6.45) is 1.21. The SMILES string of the molecule is COc1cc(Br)c(OCCC=O)cc1Br. The highest BCUT2D eigenvalue weighted by Crippen LogP contribution is 2.35. The minimum Gasteiger partial charge on any atom is -0.496 e. The lowest BCUT2D eigenvalue weighted by molar-refractivity contribution is -0.108. The van der Waals surface area contributed by atoms with Crippen molar-refractivity contribution in [3.8, 4) is 11.5 Å². The maximum absolute atomic E-state index is 10.1. The lowest BCUT2D eigenvalue weighted by Gasteiger charge is -2.10. The number of carbonyl (C=O) groups is 1. The van der Waals surface area contributed by atoms with Crippen LogP contribution in [0.2, 0.25) is 0 Å². The van der Waals surface area contributed by atoms with Crippen molar-refractivity contribution in [1.29, 1.82) is 0 Å². The van der Waals surface area contributed by atoms with Crippen LogP contribution in [0.1, 0.15) is 6.42 Å². The number of hydrogen-bond donors (Lipinski definition) is 0. The van der Waals surface area contributed by atoms with E-state index in [1.807, 2.05) is 0 Å². The molecule has 0 unspecified atom stereocenters. The summed E-state index contributed by atoms with van der Waals surface area (Å²) in [6.45, 7) is 0.376. The fourth-order valence-corrected chi connectivity index (χ4v) is 1.92. The van der Waals surface area contributed by atoms with Crippen molar-refractivity contribution in [2.45, 2.75) is 6.42 Å². The minimum absolute atomic E-state index is 0.376. The van der Waals surface area contributed by atoms with E-state index in [-0.39, 0.29) is 0 Å². The highest BCUT2D eigenvalue weighted by molar-refractivity contribution is 9.11. The van der Waals surface area contributed by atoms with Gasteiger partial charge in [-0.2, -0.15) is 0 Å². The smallest absolute Gasteiger partial charge is 0.134 e. The van der Waals surface area contributed by atoms with Crippen LogP contribution in [0.5, 0.6) is 11.5 Å². The second-order valence-corrected chi connectivity index (χ2v) is 4.43. The quantitative estimate of drug-likeness (QED) is 0.611. The third-order valence-corrected chi connectivity index (χ3v) is 2.94. The van der Waals surface area contributed by atoms with Crippen LogP contribution in [0.15, 0.2) is 21.1 Å². The normalized spacial score (nSPS) is 9.80. The van der Waals surface area contributed by atoms with E-state index in [1.165, 1.54) is 0 Å². The van der Waals surface area contributed by atoms with Crippen LogP contribution in [-0.4, -0.2) is 20.0 Å². The molecule has 1 aromatic rings. The number of methoxy groups -OCH3 is 1. The largest absolute Gasteiger partial charge is 0.496 e. The van der Waals surface area contributed by atoms with Gasteiger partial charge in [-0.25, -0.2) is 0 Å². The Morgan fingerprint density at radius 1 is 1.27 bits per heavy atom. The summed E-state index contributed by atoms with van der Waals surface area (Å²) in [5.41, 5.74) is 0. The fourth-order valence-electron chi connectivity index (χ4n) is 0.994. The number of hydrogen-bond acceptors (Lipinski definition) is 3. The Labute approximate surface area is 105 Å². The summed E-state index contributed by atoms with van der Waals surface area (Å²) in [5, 5.41) is 0. The molecule has 0 aliphatic rings. The average molecular weight is 338 g/mol. The number of rotatable bonds is 5. The van der Waals surface area contributed by atoms with Crippen LogP contribution in [0.4, 0.5) is 0 Å². The molecule has 0 saturated carbocycles. The first kappa shape index (κ1) is 12.5. The van der Waals surface area contributed by atoms with Crippen molar-refractivity contribution in [3.63, 3.8) is 0 Å². The molecule has 82 valence electrons. The highest BCUT2D eigenvalue weighted by atomic mass is 79.9. The molecule has 0 atom stereocenters. The molecule has 0 aromatic heterocycles. The van der Waals surface area contributed by atoms with Gasteiger partial charge in [0.1, 0.15) is 17.8 Å². The monoisotopic (exact) mass is 336 g/mol. The lowest BCUT2D eigenvalue weighted by atomic mass is 10.3. The minimum atomic E-state index is 0.376. The summed E-state index contributed by atoms with van der Waals surface area (Å²) >= 11 is 6.72. The zero-order chi connectivity index (χ0) is 11.3. The summed E-state index contributed by atoms with van der Waals surface area (Å²) < 4.78 is 12.1. The molecular formula is C10H10Br2O3. The molecule has 3 nitrogen and oxygen atoms in total. The third kappa shape index (κ3) is 3.50. The van der Waals surface area contributed by atoms with Gasteiger partial charge in [0.2, 0.25) is 0 Å². The molecule has 5 heteroatoms. The van der Waals surface area contributed by atoms with Crippen molar-refractivity contribution in [1.82, 2.24) is 0 Å². The molecule has 1 aromatic carbocycles. The zero-order valence-electron chi connectivity index (χ0n) is 8.13. The number of aldehydes is 1. The van der Waals surface area contributed by atoms with Crippen LogP contribution < -0.4 is 9.47 Å². The van der Waals surface area contributed by atoms with Gasteiger partial charge in [-0.1, -0.05) is 0 Å². The molecule has 0 radical (unpaired) electrons. The van der Waals surface area contributed by atoms with Crippen LogP contribution in [0.25, 0.3) is 0 Å². The predicted octanol–water partition coefficient (Wildman–Crippen LogP) is 3.19. The van der Waals surface area contributed by atoms with Crippen molar-refractivity contribution >= 4 is 38.1 Å². The van der Waals surface area contributed by atoms with Crippen LogP contribution >= 0.6 is 31.9 Å². The Kier molecular flexibility index (Phi) is 5.11. The van der Waals surface area contributed by atoms with Crippen LogP contribution in [0, 0.1) is 0 Å². The Balaban J connectivity index is 2.80. The van der Waals surface area contributed by atoms with E-state index in [0.717, 1.165) is 21.0 Å². The van der Waals surface area contributed by atoms with Crippen LogP contribution in [-0.2, 0) is 4.79 Å². The average Bonchev–Trinajstić information content (AvgIpc) is 2.23. The molecule has 0 spiro atoms. The van der Waals surface area contributed by atoms with E-state index < -0.39 is 0 Å². The van der Waals surface area contributed by atoms with Gasteiger partial charge in [-0.15, -0.1) is 0 Å². The number of ether oxygens (including phenoxy) is 2. The van der Waals surface area contributed by atoms with Crippen molar-refractivity contribution in [2.24, 2.45) is 0 Å². The first-order chi connectivity index (χ1) is 7.19. The number of halogens is 2. The van der Waals surface area contributed by atoms with E-state index in [9.17, 15) is 4.79 Å². The van der Waals surface area contributed by atoms with Crippen molar-refractivity contribution < 1.29 is 14.3 Å². The van der Waals surface area contributed by atoms with E-state index in [4.69, 9.17) is 9.47 Å². The number of benzene rings is 1. The molecule has 0 saturated heterocycles. The summed E-state index contributed by atoms with van der Waals surface area (Å²) in [4.78, 5) is 10.1. The topological polar surface area (TPSA) is 35.5 Å². The van der Waals surface area contributed by atoms with Gasteiger partial charge < -0.3 is 14.3 Å². The van der Waals surface area contributed by atoms with Crippen molar-refractivity contribution in [2.75, 3.05) is 13.7 Å². The van der Waals surface area contributed by atoms with Gasteiger partial charge in [-0.05, 0) is 44.0 Å². The number of carbonyl (C=O) groups excluding carboxylic acids is 1. The van der Waals surface area contributed by atoms with E-state index in [1.54, 1.807) is 19.2 Å². The Morgan fingerprint density at radius 2 is 1.87 bits per heavy atom. The summed E-state index contributed by atoms with van der Waals surface area (Å²) in [5.74, 6) is 1.41. The molecule has 0 bridgehead atoms. The van der Waals surface area contributed by atoms with Gasteiger partial charge in [0, 0.05) is 6.42 Å². The molecule has 0 heterocycles. The molecule has 15 heavy (non-hydrogen) atoms. The van der Waals surface area contributed by atoms with Gasteiger partial charge in [0.15, 0.2) is 0 Å². The summed E-state index contributed by atoms with van der Waals surface area (Å²) in [6, 6.07) is 3.61. The predicted molar refractivity (Wildman–Crippen MR) is 64.6 cm³/mol. The molecule has 0 amide bonds. The van der Waals surface area contributed by atoms with Gasteiger partial charge >= 0.3 is 0 Å². The maximum atomic E-state index is 10.1. The van der Waals surface area contributed by atoms with E-state index in [2.05, 4.69) is 31.9 Å². The molecule has 0 N–H and O–H groups in total. The van der Waals surface area contributed by atoms with E-state index >= 15 is 0 Å². The lowest BCUT2D eigenvalue weighted by Crippen LogP contribution is -1.98. The third-order valence-electron chi connectivity index (χ3n) is 1.70. The maximum Gasteiger partial charge on any atom is 0.134 e. The van der Waals surface area contributed by atoms with Gasteiger partial charge in [0.05, 0.1) is 22.7 Å². The fraction of sp³-hybridized carbons (Fsp3) is 0.300. The second kappa shape index (κ2) is 6.12. The van der Waals surface area contributed by atoms with Crippen LogP contribution in [0.3, 0.4) is 0 Å². The Morgan fingerprint density at radius 3 is 2.47 bits per heavy atom. The first-order valence-corrected chi connectivity index (χ1v) is 5.87. The molecule has 0 fully saturated rings. The van der Waals surface area contributed by atoms with Gasteiger partial charge in [-0.3, -0.25) is 0 Å². The molecule has 0 aliphatic carbocycles. The molecule has 1 rings (SSSR count). The van der Waals surface area contributed by atoms with Crippen molar-refractivity contribution in [3.05, 3.63) is 21.1 Å². The highest BCUT2D eigenvalue weighted by Gasteiger charge is 2.07. The standard InChI is InChI=1S/C10H10Br2O3/c1-14-9-5-8(12)10(6-7(9)11)15-4-2-3-13/h3,5-6H,2,4H2,1H3. The molecule has 0 aliphatic heterocycles. The van der Waals surface area contributed by atoms with E-state index in [0.29, 0.717) is 18.8 Å².